The summed E-state index contributed by atoms with van der Waals surface area (Å²) in [6, 6.07) is 40.0. The Bertz CT molecular complexity index is 1520. The summed E-state index contributed by atoms with van der Waals surface area (Å²) in [5, 5.41) is 4.84. The molecule has 0 saturated carbocycles. The van der Waals surface area contributed by atoms with E-state index >= 15 is 0 Å². The molecule has 3 heteroatoms. The quantitative estimate of drug-likeness (QED) is 0.250. The van der Waals surface area contributed by atoms with Gasteiger partial charge in [-0.2, -0.15) is 0 Å². The zero-order chi connectivity index (χ0) is 22.2. The number of halogens is 1. The SMILES string of the molecule is Brc1ccc(-c2nc(-c3ccc4ccccc4c3)cc(-c3ccc4ccccc4c3)n2)cc1. The van der Waals surface area contributed by atoms with E-state index in [0.29, 0.717) is 0 Å². The average Bonchev–Trinajstić information content (AvgIpc) is 2.88. The molecular formula is C30H19BrN2. The number of hydrogen-bond donors (Lipinski definition) is 0. The molecule has 156 valence electrons. The van der Waals surface area contributed by atoms with Crippen LogP contribution >= 0.6 is 15.9 Å². The van der Waals surface area contributed by atoms with Crippen LogP contribution in [0.15, 0.2) is 120 Å². The molecule has 0 bridgehead atoms. The van der Waals surface area contributed by atoms with Gasteiger partial charge in [-0.15, -0.1) is 0 Å². The summed E-state index contributed by atoms with van der Waals surface area (Å²) in [5.41, 5.74) is 4.98. The Balaban J connectivity index is 1.56. The normalized spacial score (nSPS) is 11.2. The van der Waals surface area contributed by atoms with Gasteiger partial charge in [-0.3, -0.25) is 0 Å². The van der Waals surface area contributed by atoms with E-state index in [1.165, 1.54) is 21.5 Å². The van der Waals surface area contributed by atoms with Crippen molar-refractivity contribution >= 4 is 37.5 Å². The van der Waals surface area contributed by atoms with Crippen LogP contribution in [0.5, 0.6) is 0 Å². The van der Waals surface area contributed by atoms with Gasteiger partial charge >= 0.3 is 0 Å². The van der Waals surface area contributed by atoms with Crippen molar-refractivity contribution in [2.45, 2.75) is 0 Å². The molecule has 0 atom stereocenters. The van der Waals surface area contributed by atoms with Gasteiger partial charge in [0.15, 0.2) is 5.82 Å². The van der Waals surface area contributed by atoms with Gasteiger partial charge in [0.25, 0.3) is 0 Å². The second kappa shape index (κ2) is 8.27. The molecular weight excluding hydrogens is 468 g/mol. The Labute approximate surface area is 200 Å². The molecule has 0 saturated heterocycles. The van der Waals surface area contributed by atoms with Crippen molar-refractivity contribution in [3.63, 3.8) is 0 Å². The predicted octanol–water partition coefficient (Wildman–Crippen LogP) is 8.55. The standard InChI is InChI=1S/C30H19BrN2/c31-27-15-13-22(14-16-27)30-32-28(25-11-9-20-5-1-3-7-23(20)17-25)19-29(33-30)26-12-10-21-6-2-4-8-24(21)18-26/h1-19H. The lowest BCUT2D eigenvalue weighted by Crippen LogP contribution is -1.96. The summed E-state index contributed by atoms with van der Waals surface area (Å²) in [5.74, 6) is 0.719. The third-order valence-corrected chi connectivity index (χ3v) is 6.45. The monoisotopic (exact) mass is 486 g/mol. The minimum atomic E-state index is 0.719. The molecule has 6 aromatic rings. The molecule has 0 aliphatic carbocycles. The predicted molar refractivity (Wildman–Crippen MR) is 141 cm³/mol. The van der Waals surface area contributed by atoms with Crippen LogP contribution in [0, 0.1) is 0 Å². The molecule has 0 aliphatic heterocycles. The Kier molecular flexibility index (Phi) is 4.97. The third-order valence-electron chi connectivity index (χ3n) is 5.92. The Hall–Kier alpha value is -3.82. The van der Waals surface area contributed by atoms with Crippen LogP contribution in [-0.2, 0) is 0 Å². The van der Waals surface area contributed by atoms with Crippen molar-refractivity contribution in [1.82, 2.24) is 9.97 Å². The van der Waals surface area contributed by atoms with Crippen LogP contribution in [0.25, 0.3) is 55.4 Å². The van der Waals surface area contributed by atoms with E-state index in [4.69, 9.17) is 9.97 Å². The first-order chi connectivity index (χ1) is 16.2. The van der Waals surface area contributed by atoms with E-state index in [1.54, 1.807) is 0 Å². The molecule has 0 unspecified atom stereocenters. The first kappa shape index (κ1) is 19.8. The first-order valence-corrected chi connectivity index (χ1v) is 11.7. The maximum atomic E-state index is 4.97. The van der Waals surface area contributed by atoms with Crippen molar-refractivity contribution in [2.75, 3.05) is 0 Å². The van der Waals surface area contributed by atoms with Crippen molar-refractivity contribution in [3.8, 4) is 33.9 Å². The largest absolute Gasteiger partial charge is 0.228 e. The molecule has 5 aromatic carbocycles. The first-order valence-electron chi connectivity index (χ1n) is 10.9. The lowest BCUT2D eigenvalue weighted by molar-refractivity contribution is 1.18. The lowest BCUT2D eigenvalue weighted by Gasteiger charge is -2.11. The van der Waals surface area contributed by atoms with E-state index in [9.17, 15) is 0 Å². The van der Waals surface area contributed by atoms with Crippen LogP contribution in [0.3, 0.4) is 0 Å². The van der Waals surface area contributed by atoms with Crippen LogP contribution in [-0.4, -0.2) is 9.97 Å². The number of nitrogens with zero attached hydrogens (tertiary/aromatic N) is 2. The smallest absolute Gasteiger partial charge is 0.160 e. The molecule has 0 spiro atoms. The van der Waals surface area contributed by atoms with Crippen molar-refractivity contribution in [2.24, 2.45) is 0 Å². The summed E-state index contributed by atoms with van der Waals surface area (Å²) < 4.78 is 1.03. The molecule has 1 aromatic heterocycles. The highest BCUT2D eigenvalue weighted by Crippen LogP contribution is 2.31. The van der Waals surface area contributed by atoms with Crippen LogP contribution in [0.1, 0.15) is 0 Å². The Morgan fingerprint density at radius 2 is 0.879 bits per heavy atom. The zero-order valence-corrected chi connectivity index (χ0v) is 19.3. The minimum absolute atomic E-state index is 0.719. The highest BCUT2D eigenvalue weighted by Gasteiger charge is 2.11. The molecule has 0 aliphatic rings. The van der Waals surface area contributed by atoms with Crippen LogP contribution in [0.4, 0.5) is 0 Å². The fourth-order valence-electron chi connectivity index (χ4n) is 4.17. The average molecular weight is 487 g/mol. The summed E-state index contributed by atoms with van der Waals surface area (Å²) in [7, 11) is 0. The van der Waals surface area contributed by atoms with Gasteiger partial charge in [0.1, 0.15) is 0 Å². The molecule has 0 fully saturated rings. The van der Waals surface area contributed by atoms with E-state index in [2.05, 4.69) is 107 Å². The zero-order valence-electron chi connectivity index (χ0n) is 17.7. The van der Waals surface area contributed by atoms with Gasteiger partial charge in [0.2, 0.25) is 0 Å². The molecule has 0 amide bonds. The molecule has 0 N–H and O–H groups in total. The number of benzene rings is 5. The van der Waals surface area contributed by atoms with Crippen molar-refractivity contribution in [3.05, 3.63) is 120 Å². The second-order valence-corrected chi connectivity index (χ2v) is 9.01. The van der Waals surface area contributed by atoms with E-state index in [1.807, 2.05) is 24.3 Å². The van der Waals surface area contributed by atoms with Crippen LogP contribution < -0.4 is 0 Å². The van der Waals surface area contributed by atoms with Gasteiger partial charge in [-0.25, -0.2) is 9.97 Å². The maximum absolute atomic E-state index is 4.97. The highest BCUT2D eigenvalue weighted by molar-refractivity contribution is 9.10. The Morgan fingerprint density at radius 1 is 0.424 bits per heavy atom. The van der Waals surface area contributed by atoms with Crippen molar-refractivity contribution in [1.29, 1.82) is 0 Å². The van der Waals surface area contributed by atoms with Gasteiger partial charge < -0.3 is 0 Å². The van der Waals surface area contributed by atoms with Gasteiger partial charge in [-0.05, 0) is 51.9 Å². The fourth-order valence-corrected chi connectivity index (χ4v) is 4.43. The molecule has 6 rings (SSSR count). The van der Waals surface area contributed by atoms with E-state index in [-0.39, 0.29) is 0 Å². The summed E-state index contributed by atoms with van der Waals surface area (Å²) in [6.07, 6.45) is 0. The summed E-state index contributed by atoms with van der Waals surface area (Å²) in [6.45, 7) is 0. The number of aromatic nitrogens is 2. The topological polar surface area (TPSA) is 25.8 Å². The van der Waals surface area contributed by atoms with Gasteiger partial charge in [0, 0.05) is 21.2 Å². The molecule has 33 heavy (non-hydrogen) atoms. The van der Waals surface area contributed by atoms with E-state index < -0.39 is 0 Å². The number of rotatable bonds is 3. The van der Waals surface area contributed by atoms with Crippen molar-refractivity contribution < 1.29 is 0 Å². The lowest BCUT2D eigenvalue weighted by atomic mass is 10.0. The Morgan fingerprint density at radius 3 is 1.39 bits per heavy atom. The van der Waals surface area contributed by atoms with E-state index in [0.717, 1.165) is 38.4 Å². The minimum Gasteiger partial charge on any atom is -0.228 e. The maximum Gasteiger partial charge on any atom is 0.160 e. The fraction of sp³-hybridized carbons (Fsp3) is 0. The third kappa shape index (κ3) is 3.92. The number of fused-ring (bicyclic) bond motifs is 2. The molecule has 0 radical (unpaired) electrons. The highest BCUT2D eigenvalue weighted by atomic mass is 79.9. The second-order valence-electron chi connectivity index (χ2n) is 8.09. The van der Waals surface area contributed by atoms with Gasteiger partial charge in [0.05, 0.1) is 11.4 Å². The molecule has 1 heterocycles. The summed E-state index contributed by atoms with van der Waals surface area (Å²) in [4.78, 5) is 9.94. The molecule has 2 nitrogen and oxygen atoms in total. The summed E-state index contributed by atoms with van der Waals surface area (Å²) >= 11 is 3.53. The number of hydrogen-bond acceptors (Lipinski definition) is 2. The van der Waals surface area contributed by atoms with Crippen LogP contribution in [0.2, 0.25) is 0 Å². The van der Waals surface area contributed by atoms with Gasteiger partial charge in [-0.1, -0.05) is 101 Å².